The number of ether oxygens (including phenoxy) is 2. The van der Waals surface area contributed by atoms with Crippen molar-refractivity contribution in [3.8, 4) is 11.5 Å². The zero-order valence-electron chi connectivity index (χ0n) is 15.5. The van der Waals surface area contributed by atoms with E-state index in [-0.39, 0.29) is 5.75 Å². The molecule has 1 aliphatic rings. The highest BCUT2D eigenvalue weighted by atomic mass is 19.4. The number of hydrogen-bond acceptors (Lipinski definition) is 6. The van der Waals surface area contributed by atoms with E-state index >= 15 is 0 Å². The fourth-order valence-corrected chi connectivity index (χ4v) is 3.38. The van der Waals surface area contributed by atoms with Crippen molar-refractivity contribution < 1.29 is 22.6 Å². The number of fused-ring (bicyclic) bond motifs is 1. The lowest BCUT2D eigenvalue weighted by Crippen LogP contribution is -2.23. The van der Waals surface area contributed by atoms with Gasteiger partial charge in [-0.2, -0.15) is 4.98 Å². The molecule has 2 aromatic heterocycles. The van der Waals surface area contributed by atoms with Crippen molar-refractivity contribution in [2.45, 2.75) is 25.7 Å². The Morgan fingerprint density at radius 2 is 1.76 bits per heavy atom. The summed E-state index contributed by atoms with van der Waals surface area (Å²) < 4.78 is 48.3. The molecule has 154 valence electrons. The Hall–Kier alpha value is -3.17. The number of hydrogen-bond donors (Lipinski definition) is 1. The first kappa shape index (κ1) is 19.2. The number of nitrogens with two attached hydrogens (primary N) is 1. The standard InChI is InChI=1S/C19H20F3N5O2/c20-19(21,22)29-15-5-3-14(4-6-15)28-10-9-27-16-11-13(23)12-24-17(16)25-18(27)26-7-1-2-8-26/h3-6,11-12H,1-2,7-10,23H2. The van der Waals surface area contributed by atoms with Crippen LogP contribution in [0, 0.1) is 0 Å². The Morgan fingerprint density at radius 3 is 2.45 bits per heavy atom. The molecule has 0 saturated carbocycles. The van der Waals surface area contributed by atoms with Crippen LogP contribution < -0.4 is 20.1 Å². The Kier molecular flexibility index (Phi) is 5.08. The van der Waals surface area contributed by atoms with Gasteiger partial charge in [-0.1, -0.05) is 0 Å². The topological polar surface area (TPSA) is 78.4 Å². The van der Waals surface area contributed by atoms with Crippen LogP contribution in [0.1, 0.15) is 12.8 Å². The van der Waals surface area contributed by atoms with Crippen LogP contribution in [-0.2, 0) is 6.54 Å². The highest BCUT2D eigenvalue weighted by Gasteiger charge is 2.31. The minimum Gasteiger partial charge on any atom is -0.492 e. The number of alkyl halides is 3. The molecule has 4 rings (SSSR count). The van der Waals surface area contributed by atoms with Crippen molar-refractivity contribution in [3.05, 3.63) is 36.5 Å². The number of aromatic nitrogens is 3. The highest BCUT2D eigenvalue weighted by molar-refractivity contribution is 5.78. The summed E-state index contributed by atoms with van der Waals surface area (Å²) in [6.45, 7) is 2.66. The monoisotopic (exact) mass is 407 g/mol. The lowest BCUT2D eigenvalue weighted by molar-refractivity contribution is -0.274. The van der Waals surface area contributed by atoms with Crippen LogP contribution >= 0.6 is 0 Å². The molecule has 0 radical (unpaired) electrons. The van der Waals surface area contributed by atoms with Crippen LogP contribution in [0.4, 0.5) is 24.8 Å². The Morgan fingerprint density at radius 1 is 1.07 bits per heavy atom. The van der Waals surface area contributed by atoms with Crippen molar-refractivity contribution in [3.63, 3.8) is 0 Å². The zero-order chi connectivity index (χ0) is 20.4. The van der Waals surface area contributed by atoms with E-state index < -0.39 is 6.36 Å². The third-order valence-electron chi connectivity index (χ3n) is 4.64. The maximum absolute atomic E-state index is 12.2. The molecule has 7 nitrogen and oxygen atoms in total. The largest absolute Gasteiger partial charge is 0.573 e. The van der Waals surface area contributed by atoms with Gasteiger partial charge in [-0.15, -0.1) is 13.2 Å². The Bertz CT molecular complexity index is 982. The van der Waals surface area contributed by atoms with Crippen molar-refractivity contribution in [1.29, 1.82) is 0 Å². The van der Waals surface area contributed by atoms with Gasteiger partial charge < -0.3 is 24.7 Å². The SMILES string of the molecule is Nc1cnc2nc(N3CCCC3)n(CCOc3ccc(OC(F)(F)F)cc3)c2c1. The number of rotatable bonds is 6. The molecule has 10 heteroatoms. The second-order valence-corrected chi connectivity index (χ2v) is 6.74. The average molecular weight is 407 g/mol. The molecule has 1 fully saturated rings. The van der Waals surface area contributed by atoms with Gasteiger partial charge in [0.05, 0.1) is 23.9 Å². The molecule has 2 N–H and O–H groups in total. The third kappa shape index (κ3) is 4.47. The van der Waals surface area contributed by atoms with Crippen LogP contribution in [0.3, 0.4) is 0 Å². The number of benzene rings is 1. The van der Waals surface area contributed by atoms with Crippen LogP contribution in [0.15, 0.2) is 36.5 Å². The first-order valence-electron chi connectivity index (χ1n) is 9.24. The summed E-state index contributed by atoms with van der Waals surface area (Å²) in [5, 5.41) is 0. The molecule has 1 saturated heterocycles. The maximum atomic E-state index is 12.2. The van der Waals surface area contributed by atoms with Crippen LogP contribution in [0.2, 0.25) is 0 Å². The van der Waals surface area contributed by atoms with Gasteiger partial charge >= 0.3 is 6.36 Å². The lowest BCUT2D eigenvalue weighted by Gasteiger charge is -2.18. The zero-order valence-corrected chi connectivity index (χ0v) is 15.5. The number of halogens is 3. The number of imidazole rings is 1. The second-order valence-electron chi connectivity index (χ2n) is 6.74. The van der Waals surface area contributed by atoms with Crippen molar-refractivity contribution in [1.82, 2.24) is 14.5 Å². The molecule has 1 aliphatic heterocycles. The van der Waals surface area contributed by atoms with E-state index in [0.717, 1.165) is 37.4 Å². The van der Waals surface area contributed by atoms with Gasteiger partial charge in [-0.05, 0) is 43.2 Å². The van der Waals surface area contributed by atoms with Crippen molar-refractivity contribution in [2.24, 2.45) is 0 Å². The molecular weight excluding hydrogens is 387 g/mol. The number of nitrogens with zero attached hydrogens (tertiary/aromatic N) is 4. The smallest absolute Gasteiger partial charge is 0.492 e. The Labute approximate surface area is 164 Å². The highest BCUT2D eigenvalue weighted by Crippen LogP contribution is 2.27. The van der Waals surface area contributed by atoms with E-state index in [4.69, 9.17) is 10.5 Å². The van der Waals surface area contributed by atoms with E-state index in [2.05, 4.69) is 19.6 Å². The summed E-state index contributed by atoms with van der Waals surface area (Å²) in [5.41, 5.74) is 7.89. The summed E-state index contributed by atoms with van der Waals surface area (Å²) in [6.07, 6.45) is -0.912. The predicted octanol–water partition coefficient (Wildman–Crippen LogP) is 3.59. The summed E-state index contributed by atoms with van der Waals surface area (Å²) in [5.74, 6) is 0.987. The summed E-state index contributed by atoms with van der Waals surface area (Å²) in [6, 6.07) is 7.14. The number of anilines is 2. The normalized spacial score (nSPS) is 14.5. The maximum Gasteiger partial charge on any atom is 0.573 e. The van der Waals surface area contributed by atoms with Crippen LogP contribution in [0.5, 0.6) is 11.5 Å². The van der Waals surface area contributed by atoms with Crippen LogP contribution in [0.25, 0.3) is 11.2 Å². The minimum atomic E-state index is -4.72. The molecule has 0 amide bonds. The van der Waals surface area contributed by atoms with E-state index in [1.807, 2.05) is 10.6 Å². The van der Waals surface area contributed by atoms with Gasteiger partial charge in [-0.25, -0.2) is 4.98 Å². The molecule has 0 atom stereocenters. The van der Waals surface area contributed by atoms with Gasteiger partial charge in [0.2, 0.25) is 5.95 Å². The summed E-state index contributed by atoms with van der Waals surface area (Å²) in [7, 11) is 0. The summed E-state index contributed by atoms with van der Waals surface area (Å²) >= 11 is 0. The molecule has 29 heavy (non-hydrogen) atoms. The average Bonchev–Trinajstić information content (AvgIpc) is 3.30. The fraction of sp³-hybridized carbons (Fsp3) is 0.368. The van der Waals surface area contributed by atoms with E-state index in [9.17, 15) is 13.2 Å². The first-order chi connectivity index (χ1) is 13.9. The van der Waals surface area contributed by atoms with Gasteiger partial charge in [0.25, 0.3) is 0 Å². The van der Waals surface area contributed by atoms with E-state index in [1.165, 1.54) is 24.3 Å². The van der Waals surface area contributed by atoms with E-state index in [1.54, 1.807) is 6.20 Å². The second kappa shape index (κ2) is 7.69. The predicted molar refractivity (Wildman–Crippen MR) is 102 cm³/mol. The molecule has 0 unspecified atom stereocenters. The van der Waals surface area contributed by atoms with E-state index in [0.29, 0.717) is 30.2 Å². The van der Waals surface area contributed by atoms with Crippen molar-refractivity contribution in [2.75, 3.05) is 30.3 Å². The Balaban J connectivity index is 1.47. The summed E-state index contributed by atoms with van der Waals surface area (Å²) in [4.78, 5) is 11.2. The molecule has 3 aromatic rings. The third-order valence-corrected chi connectivity index (χ3v) is 4.64. The molecule has 1 aromatic carbocycles. The number of nitrogen functional groups attached to an aromatic ring is 1. The molecule has 0 bridgehead atoms. The molecule has 0 spiro atoms. The molecule has 0 aliphatic carbocycles. The number of pyridine rings is 1. The molecule has 3 heterocycles. The van der Waals surface area contributed by atoms with Crippen LogP contribution in [-0.4, -0.2) is 40.6 Å². The lowest BCUT2D eigenvalue weighted by atomic mass is 10.3. The van der Waals surface area contributed by atoms with Gasteiger partial charge in [0.1, 0.15) is 18.1 Å². The van der Waals surface area contributed by atoms with Gasteiger partial charge in [0, 0.05) is 13.1 Å². The van der Waals surface area contributed by atoms with Gasteiger partial charge in [-0.3, -0.25) is 0 Å². The fourth-order valence-electron chi connectivity index (χ4n) is 3.38. The molecular formula is C19H20F3N5O2. The van der Waals surface area contributed by atoms with Gasteiger partial charge in [0.15, 0.2) is 5.65 Å². The minimum absolute atomic E-state index is 0.289. The first-order valence-corrected chi connectivity index (χ1v) is 9.24. The van der Waals surface area contributed by atoms with Crippen molar-refractivity contribution >= 4 is 22.8 Å². The quantitative estimate of drug-likeness (QED) is 0.673.